The molecule has 4 nitrogen and oxygen atoms in total. The van der Waals surface area contributed by atoms with Gasteiger partial charge in [-0.2, -0.15) is 0 Å². The van der Waals surface area contributed by atoms with Crippen molar-refractivity contribution in [1.82, 2.24) is 5.32 Å². The van der Waals surface area contributed by atoms with Crippen LogP contribution < -0.4 is 5.32 Å². The van der Waals surface area contributed by atoms with Crippen LogP contribution in [0.3, 0.4) is 0 Å². The topological polar surface area (TPSA) is 47.6 Å². The highest BCUT2D eigenvalue weighted by Gasteiger charge is 2.77. The van der Waals surface area contributed by atoms with E-state index >= 15 is 0 Å². The van der Waals surface area contributed by atoms with Crippen LogP contribution in [0, 0.1) is 10.8 Å². The number of nitrogens with one attached hydrogen (secondary N) is 1. The first kappa shape index (κ1) is 10.5. The van der Waals surface area contributed by atoms with Crippen LogP contribution in [0.2, 0.25) is 0 Å². The zero-order chi connectivity index (χ0) is 11.6. The van der Waals surface area contributed by atoms with Crippen molar-refractivity contribution in [3.05, 3.63) is 0 Å². The molecule has 2 aliphatic heterocycles. The van der Waals surface area contributed by atoms with Gasteiger partial charge in [-0.1, -0.05) is 0 Å². The molecule has 0 aromatic carbocycles. The average Bonchev–Trinajstić information content (AvgIpc) is 2.59. The molecular weight excluding hydrogens is 206 g/mol. The van der Waals surface area contributed by atoms with E-state index in [2.05, 4.69) is 5.32 Å². The van der Waals surface area contributed by atoms with E-state index in [1.165, 1.54) is 0 Å². The van der Waals surface area contributed by atoms with Crippen molar-refractivity contribution in [2.24, 2.45) is 10.8 Å². The van der Waals surface area contributed by atoms with Crippen LogP contribution in [0.25, 0.3) is 0 Å². The number of hydrogen-bond acceptors (Lipinski definition) is 4. The van der Waals surface area contributed by atoms with E-state index < -0.39 is 11.0 Å². The Bertz CT molecular complexity index is 345. The maximum Gasteiger partial charge on any atom is 0.316 e. The Hall–Kier alpha value is -0.610. The lowest BCUT2D eigenvalue weighted by Gasteiger charge is -2.31. The molecule has 0 aromatic rings. The Morgan fingerprint density at radius 2 is 2.19 bits per heavy atom. The van der Waals surface area contributed by atoms with Crippen LogP contribution in [0.4, 0.5) is 0 Å². The maximum atomic E-state index is 12.4. The summed E-state index contributed by atoms with van der Waals surface area (Å²) in [5.74, 6) is -0.0787. The minimum Gasteiger partial charge on any atom is -0.459 e. The summed E-state index contributed by atoms with van der Waals surface area (Å²) in [6.45, 7) is 7.87. The number of carbonyl (C=O) groups is 1. The zero-order valence-corrected chi connectivity index (χ0v) is 10.1. The fourth-order valence-electron chi connectivity index (χ4n) is 3.17. The van der Waals surface area contributed by atoms with Gasteiger partial charge in [0.25, 0.3) is 0 Å². The van der Waals surface area contributed by atoms with E-state index in [4.69, 9.17) is 9.47 Å². The predicted octanol–water partition coefficient (Wildman–Crippen LogP) is 0.707. The highest BCUT2D eigenvalue weighted by molar-refractivity contribution is 5.81. The largest absolute Gasteiger partial charge is 0.459 e. The molecule has 1 spiro atoms. The van der Waals surface area contributed by atoms with Crippen molar-refractivity contribution in [1.29, 1.82) is 0 Å². The third kappa shape index (κ3) is 1.14. The molecule has 0 aromatic heterocycles. The van der Waals surface area contributed by atoms with Crippen LogP contribution in [0.5, 0.6) is 0 Å². The summed E-state index contributed by atoms with van der Waals surface area (Å²) in [6.07, 6.45) is 1.30. The second kappa shape index (κ2) is 2.79. The Morgan fingerprint density at radius 3 is 2.81 bits per heavy atom. The number of hydrogen-bond donors (Lipinski definition) is 1. The highest BCUT2D eigenvalue weighted by Crippen LogP contribution is 2.67. The van der Waals surface area contributed by atoms with Crippen molar-refractivity contribution in [2.75, 3.05) is 19.7 Å². The Morgan fingerprint density at radius 1 is 1.44 bits per heavy atom. The second-order valence-corrected chi connectivity index (χ2v) is 6.35. The van der Waals surface area contributed by atoms with Crippen LogP contribution in [0.1, 0.15) is 27.2 Å². The van der Waals surface area contributed by atoms with Gasteiger partial charge in [-0.3, -0.25) is 4.79 Å². The average molecular weight is 225 g/mol. The fourth-order valence-corrected chi connectivity index (χ4v) is 3.17. The first-order chi connectivity index (χ1) is 7.40. The van der Waals surface area contributed by atoms with Crippen molar-refractivity contribution < 1.29 is 14.3 Å². The molecular formula is C12H19NO3. The smallest absolute Gasteiger partial charge is 0.316 e. The predicted molar refractivity (Wildman–Crippen MR) is 57.9 cm³/mol. The fraction of sp³-hybridized carbons (Fsp3) is 0.917. The van der Waals surface area contributed by atoms with Gasteiger partial charge in [0.2, 0.25) is 0 Å². The maximum absolute atomic E-state index is 12.4. The van der Waals surface area contributed by atoms with Crippen LogP contribution >= 0.6 is 0 Å². The van der Waals surface area contributed by atoms with Gasteiger partial charge in [0.05, 0.1) is 12.7 Å². The molecule has 1 aliphatic carbocycles. The van der Waals surface area contributed by atoms with E-state index in [0.29, 0.717) is 13.2 Å². The summed E-state index contributed by atoms with van der Waals surface area (Å²) in [5.41, 5.74) is -0.775. The molecule has 90 valence electrons. The molecule has 2 saturated heterocycles. The van der Waals surface area contributed by atoms with Gasteiger partial charge < -0.3 is 14.8 Å². The number of rotatable bonds is 1. The van der Waals surface area contributed by atoms with Crippen molar-refractivity contribution in [3.8, 4) is 0 Å². The van der Waals surface area contributed by atoms with Gasteiger partial charge in [0.1, 0.15) is 11.0 Å². The summed E-state index contributed by atoms with van der Waals surface area (Å²) >= 11 is 0. The molecule has 0 amide bonds. The molecule has 3 atom stereocenters. The van der Waals surface area contributed by atoms with E-state index in [1.807, 2.05) is 20.8 Å². The summed E-state index contributed by atoms with van der Waals surface area (Å²) in [4.78, 5) is 12.4. The molecule has 3 aliphatic rings. The van der Waals surface area contributed by atoms with Crippen LogP contribution in [0.15, 0.2) is 0 Å². The van der Waals surface area contributed by atoms with Gasteiger partial charge in [0.15, 0.2) is 0 Å². The Kier molecular flexibility index (Phi) is 1.84. The van der Waals surface area contributed by atoms with E-state index in [-0.39, 0.29) is 17.5 Å². The zero-order valence-electron chi connectivity index (χ0n) is 10.1. The van der Waals surface area contributed by atoms with Gasteiger partial charge in [-0.05, 0) is 27.2 Å². The first-order valence-electron chi connectivity index (χ1n) is 5.95. The molecule has 3 rings (SSSR count). The molecule has 1 N–H and O–H groups in total. The van der Waals surface area contributed by atoms with Gasteiger partial charge >= 0.3 is 5.97 Å². The normalized spacial score (nSPS) is 45.1. The molecule has 4 heteroatoms. The summed E-state index contributed by atoms with van der Waals surface area (Å²) in [6, 6.07) is 0. The summed E-state index contributed by atoms with van der Waals surface area (Å²) in [5, 5.41) is 3.33. The minimum atomic E-state index is -0.414. The lowest BCUT2D eigenvalue weighted by atomic mass is 9.76. The van der Waals surface area contributed by atoms with Crippen molar-refractivity contribution in [3.63, 3.8) is 0 Å². The minimum absolute atomic E-state index is 0.0509. The van der Waals surface area contributed by atoms with Gasteiger partial charge in [-0.25, -0.2) is 0 Å². The van der Waals surface area contributed by atoms with E-state index in [9.17, 15) is 4.79 Å². The van der Waals surface area contributed by atoms with E-state index in [1.54, 1.807) is 0 Å². The second-order valence-electron chi connectivity index (χ2n) is 6.35. The molecule has 16 heavy (non-hydrogen) atoms. The Balaban J connectivity index is 1.85. The number of ether oxygens (including phenoxy) is 2. The first-order valence-corrected chi connectivity index (χ1v) is 5.95. The summed E-state index contributed by atoms with van der Waals surface area (Å²) in [7, 11) is 0. The number of carbonyl (C=O) groups excluding carboxylic acids is 1. The third-order valence-corrected chi connectivity index (χ3v) is 4.15. The van der Waals surface area contributed by atoms with Gasteiger partial charge in [0, 0.05) is 18.5 Å². The standard InChI is InChI=1S/C12H19NO3/c1-10(2,3)16-9(14)12-6-13-5-11(12)4-8(11)15-7-12/h8,13H,4-7H2,1-3H3. The number of esters is 1. The highest BCUT2D eigenvalue weighted by atomic mass is 16.6. The molecule has 2 heterocycles. The quantitative estimate of drug-likeness (QED) is 0.668. The Labute approximate surface area is 95.7 Å². The lowest BCUT2D eigenvalue weighted by Crippen LogP contribution is -2.45. The molecule has 0 bridgehead atoms. The van der Waals surface area contributed by atoms with E-state index in [0.717, 1.165) is 13.0 Å². The van der Waals surface area contributed by atoms with Crippen LogP contribution in [-0.4, -0.2) is 37.4 Å². The molecule has 3 unspecified atom stereocenters. The molecule has 3 fully saturated rings. The van der Waals surface area contributed by atoms with Gasteiger partial charge in [-0.15, -0.1) is 0 Å². The summed E-state index contributed by atoms with van der Waals surface area (Å²) < 4.78 is 11.2. The SMILES string of the molecule is CC(C)(C)OC(=O)C12CNCC13CC3OC2. The monoisotopic (exact) mass is 225 g/mol. The van der Waals surface area contributed by atoms with Crippen molar-refractivity contribution in [2.45, 2.75) is 38.9 Å². The van der Waals surface area contributed by atoms with Crippen molar-refractivity contribution >= 4 is 5.97 Å². The third-order valence-electron chi connectivity index (χ3n) is 4.15. The molecule has 1 saturated carbocycles. The molecule has 0 radical (unpaired) electrons. The lowest BCUT2D eigenvalue weighted by molar-refractivity contribution is -0.170. The van der Waals surface area contributed by atoms with Crippen LogP contribution in [-0.2, 0) is 14.3 Å².